The van der Waals surface area contributed by atoms with Gasteiger partial charge < -0.3 is 14.9 Å². The van der Waals surface area contributed by atoms with Crippen LogP contribution >= 0.6 is 15.9 Å². The van der Waals surface area contributed by atoms with Gasteiger partial charge >= 0.3 is 0 Å². The maximum absolute atomic E-state index is 10.3. The maximum atomic E-state index is 10.3. The Morgan fingerprint density at radius 2 is 2.00 bits per heavy atom. The SMILES string of the molecule is CN1CCCN(CCC(O)c2ccccc2Br)CC1. The van der Waals surface area contributed by atoms with Crippen LogP contribution in [-0.4, -0.2) is 54.7 Å². The zero-order chi connectivity index (χ0) is 13.7. The van der Waals surface area contributed by atoms with Crippen molar-refractivity contribution in [1.82, 2.24) is 9.80 Å². The molecule has 1 aromatic carbocycles. The minimum Gasteiger partial charge on any atom is -0.388 e. The normalized spacial score (nSPS) is 20.2. The molecular formula is C15H23BrN2O. The van der Waals surface area contributed by atoms with E-state index in [2.05, 4.69) is 32.8 Å². The predicted molar refractivity (Wildman–Crippen MR) is 82.3 cm³/mol. The summed E-state index contributed by atoms with van der Waals surface area (Å²) in [7, 11) is 2.18. The molecule has 0 saturated carbocycles. The first-order valence-corrected chi connectivity index (χ1v) is 7.79. The third-order valence-electron chi connectivity index (χ3n) is 3.80. The molecule has 3 nitrogen and oxygen atoms in total. The molecule has 1 unspecified atom stereocenters. The van der Waals surface area contributed by atoms with E-state index in [1.165, 1.54) is 13.0 Å². The van der Waals surface area contributed by atoms with Crippen LogP contribution in [0.25, 0.3) is 0 Å². The number of aliphatic hydroxyl groups is 1. The Morgan fingerprint density at radius 1 is 1.21 bits per heavy atom. The van der Waals surface area contributed by atoms with Crippen LogP contribution in [0.4, 0.5) is 0 Å². The molecule has 106 valence electrons. The zero-order valence-electron chi connectivity index (χ0n) is 11.6. The van der Waals surface area contributed by atoms with Gasteiger partial charge in [0.15, 0.2) is 0 Å². The number of benzene rings is 1. The first kappa shape index (κ1) is 15.0. The van der Waals surface area contributed by atoms with Crippen molar-refractivity contribution in [3.63, 3.8) is 0 Å². The van der Waals surface area contributed by atoms with Crippen molar-refractivity contribution < 1.29 is 5.11 Å². The van der Waals surface area contributed by atoms with Crippen LogP contribution in [-0.2, 0) is 0 Å². The fourth-order valence-corrected chi connectivity index (χ4v) is 3.08. The highest BCUT2D eigenvalue weighted by Gasteiger charge is 2.15. The molecule has 1 heterocycles. The van der Waals surface area contributed by atoms with Gasteiger partial charge in [0.1, 0.15) is 0 Å². The Labute approximate surface area is 124 Å². The number of aliphatic hydroxyl groups excluding tert-OH is 1. The molecule has 1 saturated heterocycles. The smallest absolute Gasteiger partial charge is 0.0813 e. The molecule has 19 heavy (non-hydrogen) atoms. The molecule has 0 aliphatic carbocycles. The number of hydrogen-bond acceptors (Lipinski definition) is 3. The highest BCUT2D eigenvalue weighted by molar-refractivity contribution is 9.10. The van der Waals surface area contributed by atoms with Crippen molar-refractivity contribution in [2.24, 2.45) is 0 Å². The third kappa shape index (κ3) is 4.56. The minimum absolute atomic E-state index is 0.378. The molecule has 0 spiro atoms. The highest BCUT2D eigenvalue weighted by atomic mass is 79.9. The van der Waals surface area contributed by atoms with Crippen molar-refractivity contribution in [2.45, 2.75) is 18.9 Å². The standard InChI is InChI=1S/C15H23BrN2O/c1-17-8-4-9-18(12-11-17)10-7-15(19)13-5-2-3-6-14(13)16/h2-3,5-6,15,19H,4,7-12H2,1H3. The molecule has 1 aromatic rings. The van der Waals surface area contributed by atoms with E-state index in [4.69, 9.17) is 0 Å². The van der Waals surface area contributed by atoms with E-state index in [1.54, 1.807) is 0 Å². The van der Waals surface area contributed by atoms with E-state index in [0.29, 0.717) is 0 Å². The molecule has 1 aliphatic heterocycles. The summed E-state index contributed by atoms with van der Waals surface area (Å²) in [5.41, 5.74) is 0.995. The van der Waals surface area contributed by atoms with E-state index < -0.39 is 0 Å². The highest BCUT2D eigenvalue weighted by Crippen LogP contribution is 2.25. The molecule has 0 amide bonds. The molecule has 4 heteroatoms. The van der Waals surface area contributed by atoms with Gasteiger partial charge in [0.25, 0.3) is 0 Å². The van der Waals surface area contributed by atoms with Gasteiger partial charge in [-0.05, 0) is 44.6 Å². The summed E-state index contributed by atoms with van der Waals surface area (Å²) < 4.78 is 0.998. The molecule has 1 atom stereocenters. The van der Waals surface area contributed by atoms with E-state index in [-0.39, 0.29) is 6.10 Å². The average Bonchev–Trinajstić information content (AvgIpc) is 2.61. The second-order valence-corrected chi connectivity index (χ2v) is 6.18. The fourth-order valence-electron chi connectivity index (χ4n) is 2.53. The quantitative estimate of drug-likeness (QED) is 0.921. The largest absolute Gasteiger partial charge is 0.388 e. The summed E-state index contributed by atoms with van der Waals surface area (Å²) in [5, 5.41) is 10.3. The van der Waals surface area contributed by atoms with Gasteiger partial charge in [0.2, 0.25) is 0 Å². The van der Waals surface area contributed by atoms with Crippen molar-refractivity contribution in [3.05, 3.63) is 34.3 Å². The summed E-state index contributed by atoms with van der Waals surface area (Å²) in [6.45, 7) is 5.54. The Bertz CT molecular complexity index is 399. The van der Waals surface area contributed by atoms with Crippen molar-refractivity contribution in [3.8, 4) is 0 Å². The van der Waals surface area contributed by atoms with Crippen LogP contribution < -0.4 is 0 Å². The Hall–Kier alpha value is -0.420. The Kier molecular flexibility index (Phi) is 5.82. The van der Waals surface area contributed by atoms with Crippen LogP contribution in [0.15, 0.2) is 28.7 Å². The van der Waals surface area contributed by atoms with Gasteiger partial charge in [-0.15, -0.1) is 0 Å². The average molecular weight is 327 g/mol. The summed E-state index contributed by atoms with van der Waals surface area (Å²) in [4.78, 5) is 4.84. The van der Waals surface area contributed by atoms with Crippen molar-refractivity contribution in [2.75, 3.05) is 39.8 Å². The van der Waals surface area contributed by atoms with Gasteiger partial charge in [-0.1, -0.05) is 34.1 Å². The lowest BCUT2D eigenvalue weighted by Crippen LogP contribution is -2.30. The van der Waals surface area contributed by atoms with Gasteiger partial charge in [-0.25, -0.2) is 0 Å². The number of hydrogen-bond donors (Lipinski definition) is 1. The maximum Gasteiger partial charge on any atom is 0.0813 e. The van der Waals surface area contributed by atoms with E-state index in [1.807, 2.05) is 24.3 Å². The molecule has 2 rings (SSSR count). The summed E-state index contributed by atoms with van der Waals surface area (Å²) >= 11 is 3.50. The third-order valence-corrected chi connectivity index (χ3v) is 4.52. The van der Waals surface area contributed by atoms with Gasteiger partial charge in [-0.3, -0.25) is 0 Å². The van der Waals surface area contributed by atoms with Crippen molar-refractivity contribution in [1.29, 1.82) is 0 Å². The predicted octanol–water partition coefficient (Wildman–Crippen LogP) is 2.51. The molecule has 0 bridgehead atoms. The number of halogens is 1. The first-order chi connectivity index (χ1) is 9.16. The molecule has 1 aliphatic rings. The minimum atomic E-state index is -0.378. The number of nitrogens with zero attached hydrogens (tertiary/aromatic N) is 2. The van der Waals surface area contributed by atoms with Gasteiger partial charge in [0, 0.05) is 24.1 Å². The molecular weight excluding hydrogens is 304 g/mol. The summed E-state index contributed by atoms with van der Waals surface area (Å²) in [6, 6.07) is 7.93. The molecule has 1 N–H and O–H groups in total. The zero-order valence-corrected chi connectivity index (χ0v) is 13.1. The summed E-state index contributed by atoms with van der Waals surface area (Å²) in [5.74, 6) is 0. The Morgan fingerprint density at radius 3 is 2.79 bits per heavy atom. The van der Waals surface area contributed by atoms with E-state index in [9.17, 15) is 5.11 Å². The van der Waals surface area contributed by atoms with E-state index >= 15 is 0 Å². The summed E-state index contributed by atoms with van der Waals surface area (Å²) in [6.07, 6.45) is 1.64. The first-order valence-electron chi connectivity index (χ1n) is 7.00. The topological polar surface area (TPSA) is 26.7 Å². The number of likely N-dealkylation sites (N-methyl/N-ethyl adjacent to an activating group) is 1. The Balaban J connectivity index is 1.83. The van der Waals surface area contributed by atoms with Crippen LogP contribution in [0.2, 0.25) is 0 Å². The lowest BCUT2D eigenvalue weighted by Gasteiger charge is -2.22. The fraction of sp³-hybridized carbons (Fsp3) is 0.600. The monoisotopic (exact) mass is 326 g/mol. The van der Waals surface area contributed by atoms with Crippen LogP contribution in [0.5, 0.6) is 0 Å². The molecule has 1 fully saturated rings. The van der Waals surface area contributed by atoms with Gasteiger partial charge in [0.05, 0.1) is 6.10 Å². The van der Waals surface area contributed by atoms with E-state index in [0.717, 1.165) is 42.6 Å². The second kappa shape index (κ2) is 7.39. The molecule has 0 aromatic heterocycles. The number of rotatable bonds is 4. The lowest BCUT2D eigenvalue weighted by molar-refractivity contribution is 0.142. The van der Waals surface area contributed by atoms with Crippen LogP contribution in [0.3, 0.4) is 0 Å². The van der Waals surface area contributed by atoms with Crippen LogP contribution in [0.1, 0.15) is 24.5 Å². The van der Waals surface area contributed by atoms with Gasteiger partial charge in [-0.2, -0.15) is 0 Å². The second-order valence-electron chi connectivity index (χ2n) is 5.32. The van der Waals surface area contributed by atoms with Crippen LogP contribution in [0, 0.1) is 0 Å². The van der Waals surface area contributed by atoms with Crippen molar-refractivity contribution >= 4 is 15.9 Å². The molecule has 0 radical (unpaired) electrons. The lowest BCUT2D eigenvalue weighted by atomic mass is 10.1.